The van der Waals surface area contributed by atoms with Crippen molar-refractivity contribution in [2.45, 2.75) is 17.7 Å². The van der Waals surface area contributed by atoms with Gasteiger partial charge >= 0.3 is 0 Å². The van der Waals surface area contributed by atoms with Gasteiger partial charge in [-0.25, -0.2) is 8.42 Å². The van der Waals surface area contributed by atoms with Gasteiger partial charge in [-0.05, 0) is 43.2 Å². The number of benzene rings is 2. The van der Waals surface area contributed by atoms with E-state index in [0.29, 0.717) is 30.8 Å². The van der Waals surface area contributed by atoms with E-state index >= 15 is 0 Å². The first-order valence-electron chi connectivity index (χ1n) is 9.01. The Balaban J connectivity index is 1.60. The Morgan fingerprint density at radius 2 is 1.70 bits per heavy atom. The number of nitrogens with zero attached hydrogens (tertiary/aromatic N) is 2. The highest BCUT2D eigenvalue weighted by atomic mass is 32.2. The first-order chi connectivity index (χ1) is 12.9. The molecular weight excluding hydrogens is 362 g/mol. The van der Waals surface area contributed by atoms with Gasteiger partial charge in [0.2, 0.25) is 15.9 Å². The molecule has 0 aromatic heterocycles. The van der Waals surface area contributed by atoms with Crippen molar-refractivity contribution in [1.82, 2.24) is 4.31 Å². The van der Waals surface area contributed by atoms with Gasteiger partial charge in [-0.1, -0.05) is 24.3 Å². The molecule has 1 aliphatic heterocycles. The maximum absolute atomic E-state index is 12.7. The summed E-state index contributed by atoms with van der Waals surface area (Å²) < 4.78 is 26.8. The van der Waals surface area contributed by atoms with E-state index in [1.165, 1.54) is 4.31 Å². The number of hydrogen-bond donors (Lipinski definition) is 1. The molecule has 1 fully saturated rings. The minimum absolute atomic E-state index is 0.0531. The largest absolute Gasteiger partial charge is 0.378 e. The molecular formula is C20H25N3O3S. The van der Waals surface area contributed by atoms with Crippen molar-refractivity contribution >= 4 is 27.3 Å². The maximum Gasteiger partial charge on any atom is 0.243 e. The van der Waals surface area contributed by atoms with Gasteiger partial charge in [0.25, 0.3) is 0 Å². The number of carbonyl (C=O) groups is 1. The minimum atomic E-state index is -3.49. The summed E-state index contributed by atoms with van der Waals surface area (Å²) in [6, 6.07) is 16.1. The van der Waals surface area contributed by atoms with Crippen molar-refractivity contribution in [2.75, 3.05) is 37.4 Å². The van der Waals surface area contributed by atoms with E-state index in [1.54, 1.807) is 30.3 Å². The topological polar surface area (TPSA) is 69.7 Å². The van der Waals surface area contributed by atoms with E-state index in [9.17, 15) is 13.2 Å². The molecule has 2 aromatic rings. The summed E-state index contributed by atoms with van der Waals surface area (Å²) in [7, 11) is 0.407. The Kier molecular flexibility index (Phi) is 5.82. The molecule has 0 bridgehead atoms. The lowest BCUT2D eigenvalue weighted by Crippen LogP contribution is -2.41. The van der Waals surface area contributed by atoms with Crippen molar-refractivity contribution in [2.24, 2.45) is 5.92 Å². The normalized spacial score (nSPS) is 16.1. The standard InChI is InChI=1S/C20H25N3O3S/c1-22(2)18-8-6-7-17(15-18)21-20(24)16-11-13-23(14-12-16)27(25,26)19-9-4-3-5-10-19/h3-10,15-16H,11-14H2,1-2H3,(H,21,24). The molecule has 0 atom stereocenters. The number of nitrogens with one attached hydrogen (secondary N) is 1. The third kappa shape index (κ3) is 4.48. The fraction of sp³-hybridized carbons (Fsp3) is 0.350. The van der Waals surface area contributed by atoms with Crippen molar-refractivity contribution in [3.63, 3.8) is 0 Å². The van der Waals surface area contributed by atoms with E-state index in [2.05, 4.69) is 5.32 Å². The summed E-state index contributed by atoms with van der Waals surface area (Å²) in [6.07, 6.45) is 1.04. The molecule has 0 spiro atoms. The zero-order valence-electron chi connectivity index (χ0n) is 15.6. The second-order valence-electron chi connectivity index (χ2n) is 6.93. The maximum atomic E-state index is 12.7. The Morgan fingerprint density at radius 3 is 2.33 bits per heavy atom. The molecule has 0 unspecified atom stereocenters. The molecule has 7 heteroatoms. The number of carbonyl (C=O) groups excluding carboxylic acids is 1. The number of hydrogen-bond acceptors (Lipinski definition) is 4. The van der Waals surface area contributed by atoms with Crippen molar-refractivity contribution in [1.29, 1.82) is 0 Å². The lowest BCUT2D eigenvalue weighted by Gasteiger charge is -2.30. The van der Waals surface area contributed by atoms with Crippen LogP contribution in [0.5, 0.6) is 0 Å². The second-order valence-corrected chi connectivity index (χ2v) is 8.86. The Bertz CT molecular complexity index is 890. The Labute approximate surface area is 160 Å². The van der Waals surface area contributed by atoms with Crippen LogP contribution in [0.15, 0.2) is 59.5 Å². The summed E-state index contributed by atoms with van der Waals surface area (Å²) in [6.45, 7) is 0.708. The summed E-state index contributed by atoms with van der Waals surface area (Å²) in [5, 5.41) is 2.96. The van der Waals surface area contributed by atoms with E-state index in [0.717, 1.165) is 11.4 Å². The third-order valence-corrected chi connectivity index (χ3v) is 6.75. The molecule has 6 nitrogen and oxygen atoms in total. The van der Waals surface area contributed by atoms with Gasteiger partial charge in [0.1, 0.15) is 0 Å². The highest BCUT2D eigenvalue weighted by molar-refractivity contribution is 7.89. The van der Waals surface area contributed by atoms with Crippen LogP contribution in [0.25, 0.3) is 0 Å². The van der Waals surface area contributed by atoms with Crippen LogP contribution < -0.4 is 10.2 Å². The van der Waals surface area contributed by atoms with Gasteiger partial charge in [0.05, 0.1) is 4.90 Å². The quantitative estimate of drug-likeness (QED) is 0.857. The molecule has 1 aliphatic rings. The average Bonchev–Trinajstić information content (AvgIpc) is 2.69. The van der Waals surface area contributed by atoms with Crippen LogP contribution in [0.4, 0.5) is 11.4 Å². The van der Waals surface area contributed by atoms with Crippen LogP contribution in [-0.4, -0.2) is 45.8 Å². The fourth-order valence-electron chi connectivity index (χ4n) is 3.21. The average molecular weight is 388 g/mol. The lowest BCUT2D eigenvalue weighted by atomic mass is 9.97. The van der Waals surface area contributed by atoms with Crippen LogP contribution >= 0.6 is 0 Å². The molecule has 1 amide bonds. The van der Waals surface area contributed by atoms with Gasteiger partial charge in [0, 0.05) is 44.5 Å². The minimum Gasteiger partial charge on any atom is -0.378 e. The predicted octanol–water partition coefficient (Wildman–Crippen LogP) is 2.79. The van der Waals surface area contributed by atoms with E-state index in [-0.39, 0.29) is 11.8 Å². The molecule has 27 heavy (non-hydrogen) atoms. The SMILES string of the molecule is CN(C)c1cccc(NC(=O)C2CCN(S(=O)(=O)c3ccccc3)CC2)c1. The Morgan fingerprint density at radius 1 is 1.04 bits per heavy atom. The van der Waals surface area contributed by atoms with Gasteiger partial charge in [-0.15, -0.1) is 0 Å². The molecule has 1 heterocycles. The number of amides is 1. The Hall–Kier alpha value is -2.38. The summed E-state index contributed by atoms with van der Waals surface area (Å²) in [5.74, 6) is -0.238. The van der Waals surface area contributed by atoms with E-state index in [1.807, 2.05) is 43.3 Å². The highest BCUT2D eigenvalue weighted by Crippen LogP contribution is 2.25. The molecule has 0 radical (unpaired) electrons. The van der Waals surface area contributed by atoms with Crippen LogP contribution in [0.2, 0.25) is 0 Å². The van der Waals surface area contributed by atoms with Crippen molar-refractivity contribution < 1.29 is 13.2 Å². The summed E-state index contributed by atoms with van der Waals surface area (Å²) >= 11 is 0. The van der Waals surface area contributed by atoms with E-state index in [4.69, 9.17) is 0 Å². The van der Waals surface area contributed by atoms with Gasteiger partial charge in [-0.3, -0.25) is 4.79 Å². The monoisotopic (exact) mass is 387 g/mol. The zero-order chi connectivity index (χ0) is 19.4. The second kappa shape index (κ2) is 8.10. The molecule has 0 aliphatic carbocycles. The van der Waals surface area contributed by atoms with E-state index < -0.39 is 10.0 Å². The zero-order valence-corrected chi connectivity index (χ0v) is 16.4. The third-order valence-electron chi connectivity index (χ3n) is 4.84. The highest BCUT2D eigenvalue weighted by Gasteiger charge is 2.32. The van der Waals surface area contributed by atoms with Gasteiger partial charge in [-0.2, -0.15) is 4.31 Å². The van der Waals surface area contributed by atoms with Crippen LogP contribution in [0.3, 0.4) is 0 Å². The van der Waals surface area contributed by atoms with Crippen LogP contribution in [0, 0.1) is 5.92 Å². The first kappa shape index (κ1) is 19.4. The number of anilines is 2. The molecule has 3 rings (SSSR count). The molecule has 1 saturated heterocycles. The summed E-state index contributed by atoms with van der Waals surface area (Å²) in [5.41, 5.74) is 1.77. The number of rotatable bonds is 5. The smallest absolute Gasteiger partial charge is 0.243 e. The van der Waals surface area contributed by atoms with Crippen molar-refractivity contribution in [3.05, 3.63) is 54.6 Å². The number of piperidine rings is 1. The molecule has 1 N–H and O–H groups in total. The van der Waals surface area contributed by atoms with Gasteiger partial charge < -0.3 is 10.2 Å². The lowest BCUT2D eigenvalue weighted by molar-refractivity contribution is -0.120. The molecule has 0 saturated carbocycles. The first-order valence-corrected chi connectivity index (χ1v) is 10.5. The fourth-order valence-corrected chi connectivity index (χ4v) is 4.70. The van der Waals surface area contributed by atoms with Crippen LogP contribution in [-0.2, 0) is 14.8 Å². The predicted molar refractivity (Wildman–Crippen MR) is 107 cm³/mol. The summed E-state index contributed by atoms with van der Waals surface area (Å²) in [4.78, 5) is 14.9. The molecule has 144 valence electrons. The molecule has 2 aromatic carbocycles. The van der Waals surface area contributed by atoms with Gasteiger partial charge in [0.15, 0.2) is 0 Å². The van der Waals surface area contributed by atoms with Crippen LogP contribution in [0.1, 0.15) is 12.8 Å². The number of sulfonamides is 1. The van der Waals surface area contributed by atoms with Crippen molar-refractivity contribution in [3.8, 4) is 0 Å².